The molecule has 0 radical (unpaired) electrons. The van der Waals surface area contributed by atoms with E-state index >= 15 is 0 Å². The van der Waals surface area contributed by atoms with E-state index in [9.17, 15) is 8.42 Å². The third kappa shape index (κ3) is 2.74. The molecular formula is C12H18ClNO2S2. The maximum Gasteiger partial charge on any atom is 0.244 e. The third-order valence-corrected chi connectivity index (χ3v) is 6.97. The van der Waals surface area contributed by atoms with Crippen LogP contribution in [0, 0.1) is 5.92 Å². The van der Waals surface area contributed by atoms with Gasteiger partial charge in [0.25, 0.3) is 0 Å². The molecule has 0 saturated carbocycles. The quantitative estimate of drug-likeness (QED) is 0.804. The van der Waals surface area contributed by atoms with Gasteiger partial charge in [-0.1, -0.05) is 6.92 Å². The molecule has 0 aliphatic carbocycles. The topological polar surface area (TPSA) is 37.4 Å². The molecule has 2 heterocycles. The zero-order valence-corrected chi connectivity index (χ0v) is 13.0. The van der Waals surface area contributed by atoms with Crippen molar-refractivity contribution in [2.24, 2.45) is 5.92 Å². The fourth-order valence-corrected chi connectivity index (χ4v) is 5.48. The molecule has 3 nitrogen and oxygen atoms in total. The molecule has 102 valence electrons. The van der Waals surface area contributed by atoms with Crippen molar-refractivity contribution >= 4 is 33.0 Å². The van der Waals surface area contributed by atoms with E-state index in [-0.39, 0.29) is 6.04 Å². The summed E-state index contributed by atoms with van der Waals surface area (Å²) in [5.41, 5.74) is 0. The molecule has 1 aliphatic heterocycles. The Bertz CT molecular complexity index is 512. The summed E-state index contributed by atoms with van der Waals surface area (Å²) in [6.07, 6.45) is 1.88. The van der Waals surface area contributed by atoms with Gasteiger partial charge in [0.2, 0.25) is 10.0 Å². The zero-order valence-electron chi connectivity index (χ0n) is 10.6. The first kappa shape index (κ1) is 14.3. The van der Waals surface area contributed by atoms with E-state index in [1.807, 2.05) is 6.92 Å². The summed E-state index contributed by atoms with van der Waals surface area (Å²) in [7, 11) is -3.34. The highest BCUT2D eigenvalue weighted by molar-refractivity contribution is 7.89. The standard InChI is InChI=1S/C12H18ClNO2S2/c1-9-3-4-14(10(2)5-9)18(15,16)12-6-11(7-13)17-8-12/h6,8-10H,3-5,7H2,1-2H3. The first-order valence-electron chi connectivity index (χ1n) is 6.10. The Morgan fingerprint density at radius 1 is 1.50 bits per heavy atom. The molecule has 1 saturated heterocycles. The van der Waals surface area contributed by atoms with Crippen LogP contribution in [0.3, 0.4) is 0 Å². The second-order valence-electron chi connectivity index (χ2n) is 4.98. The summed E-state index contributed by atoms with van der Waals surface area (Å²) in [5, 5.41) is 1.69. The molecule has 2 atom stereocenters. The molecule has 0 bridgehead atoms. The van der Waals surface area contributed by atoms with E-state index in [2.05, 4.69) is 6.92 Å². The highest BCUT2D eigenvalue weighted by Gasteiger charge is 2.33. The number of rotatable bonds is 3. The van der Waals surface area contributed by atoms with Crippen LogP contribution >= 0.6 is 22.9 Å². The predicted molar refractivity (Wildman–Crippen MR) is 75.6 cm³/mol. The SMILES string of the molecule is CC1CCN(S(=O)(=O)c2csc(CCl)c2)C(C)C1. The maximum atomic E-state index is 12.5. The lowest BCUT2D eigenvalue weighted by molar-refractivity contribution is 0.220. The molecule has 0 N–H and O–H groups in total. The van der Waals surface area contributed by atoms with E-state index in [4.69, 9.17) is 11.6 Å². The van der Waals surface area contributed by atoms with Crippen LogP contribution in [0.5, 0.6) is 0 Å². The van der Waals surface area contributed by atoms with Gasteiger partial charge in [0.05, 0.1) is 10.8 Å². The number of hydrogen-bond acceptors (Lipinski definition) is 3. The first-order chi connectivity index (χ1) is 8.45. The summed E-state index contributed by atoms with van der Waals surface area (Å²) in [5.74, 6) is 0.972. The van der Waals surface area contributed by atoms with E-state index in [0.29, 0.717) is 23.2 Å². The maximum absolute atomic E-state index is 12.5. The van der Waals surface area contributed by atoms with Crippen molar-refractivity contribution in [3.8, 4) is 0 Å². The van der Waals surface area contributed by atoms with Crippen LogP contribution in [0.1, 0.15) is 31.6 Å². The molecule has 1 aliphatic rings. The number of halogens is 1. The smallest absolute Gasteiger partial charge is 0.207 e. The third-order valence-electron chi connectivity index (χ3n) is 3.45. The van der Waals surface area contributed by atoms with Gasteiger partial charge in [0.15, 0.2) is 0 Å². The Balaban J connectivity index is 2.25. The van der Waals surface area contributed by atoms with E-state index in [1.54, 1.807) is 15.8 Å². The minimum Gasteiger partial charge on any atom is -0.207 e. The lowest BCUT2D eigenvalue weighted by atomic mass is 9.95. The van der Waals surface area contributed by atoms with Crippen LogP contribution in [-0.2, 0) is 15.9 Å². The summed E-state index contributed by atoms with van der Waals surface area (Å²) >= 11 is 7.13. The highest BCUT2D eigenvalue weighted by atomic mass is 35.5. The number of sulfonamides is 1. The molecule has 0 amide bonds. The average Bonchev–Trinajstić information content (AvgIpc) is 2.77. The van der Waals surface area contributed by atoms with Crippen LogP contribution in [0.25, 0.3) is 0 Å². The van der Waals surface area contributed by atoms with Crippen LogP contribution in [0.4, 0.5) is 0 Å². The average molecular weight is 308 g/mol. The largest absolute Gasteiger partial charge is 0.244 e. The van der Waals surface area contributed by atoms with Gasteiger partial charge in [-0.25, -0.2) is 8.42 Å². The molecule has 2 unspecified atom stereocenters. The van der Waals surface area contributed by atoms with Gasteiger partial charge in [-0.2, -0.15) is 4.31 Å². The highest BCUT2D eigenvalue weighted by Crippen LogP contribution is 2.30. The lowest BCUT2D eigenvalue weighted by Crippen LogP contribution is -2.43. The van der Waals surface area contributed by atoms with Crippen LogP contribution in [0.2, 0.25) is 0 Å². The number of nitrogens with zero attached hydrogens (tertiary/aromatic N) is 1. The fraction of sp³-hybridized carbons (Fsp3) is 0.667. The number of thiophene rings is 1. The summed E-state index contributed by atoms with van der Waals surface area (Å²) in [6, 6.07) is 1.77. The number of piperidine rings is 1. The summed E-state index contributed by atoms with van der Waals surface area (Å²) < 4.78 is 26.7. The van der Waals surface area contributed by atoms with Crippen LogP contribution in [0.15, 0.2) is 16.3 Å². The molecule has 1 aromatic rings. The molecule has 2 rings (SSSR count). The van der Waals surface area contributed by atoms with Crippen molar-refractivity contribution in [2.75, 3.05) is 6.54 Å². The molecule has 0 spiro atoms. The Morgan fingerprint density at radius 2 is 2.22 bits per heavy atom. The van der Waals surface area contributed by atoms with Crippen molar-refractivity contribution in [3.63, 3.8) is 0 Å². The van der Waals surface area contributed by atoms with Crippen molar-refractivity contribution < 1.29 is 8.42 Å². The fourth-order valence-electron chi connectivity index (χ4n) is 2.44. The Hall–Kier alpha value is -0.100. The first-order valence-corrected chi connectivity index (χ1v) is 8.95. The van der Waals surface area contributed by atoms with Gasteiger partial charge in [-0.05, 0) is 31.7 Å². The van der Waals surface area contributed by atoms with Gasteiger partial charge in [0.1, 0.15) is 0 Å². The number of alkyl halides is 1. The summed E-state index contributed by atoms with van der Waals surface area (Å²) in [6.45, 7) is 4.79. The molecule has 6 heteroatoms. The molecule has 18 heavy (non-hydrogen) atoms. The minimum atomic E-state index is -3.34. The van der Waals surface area contributed by atoms with E-state index in [0.717, 1.165) is 17.7 Å². The van der Waals surface area contributed by atoms with Crippen molar-refractivity contribution in [3.05, 3.63) is 16.3 Å². The monoisotopic (exact) mass is 307 g/mol. The Morgan fingerprint density at radius 3 is 2.78 bits per heavy atom. The molecule has 1 aromatic heterocycles. The van der Waals surface area contributed by atoms with E-state index in [1.165, 1.54) is 11.3 Å². The van der Waals surface area contributed by atoms with Gasteiger partial charge >= 0.3 is 0 Å². The van der Waals surface area contributed by atoms with Crippen LogP contribution < -0.4 is 0 Å². The lowest BCUT2D eigenvalue weighted by Gasteiger charge is -2.35. The predicted octanol–water partition coefficient (Wildman–Crippen LogP) is 3.30. The van der Waals surface area contributed by atoms with Gasteiger partial charge in [0, 0.05) is 22.8 Å². The molecular weight excluding hydrogens is 290 g/mol. The minimum absolute atomic E-state index is 0.0816. The van der Waals surface area contributed by atoms with Crippen LogP contribution in [-0.4, -0.2) is 25.3 Å². The summed E-state index contributed by atoms with van der Waals surface area (Å²) in [4.78, 5) is 1.29. The van der Waals surface area contributed by atoms with Gasteiger partial charge in [-0.3, -0.25) is 0 Å². The van der Waals surface area contributed by atoms with Crippen molar-refractivity contribution in [1.82, 2.24) is 4.31 Å². The normalized spacial score (nSPS) is 26.4. The molecule has 1 fully saturated rings. The van der Waals surface area contributed by atoms with Crippen molar-refractivity contribution in [2.45, 2.75) is 43.5 Å². The zero-order chi connectivity index (χ0) is 13.3. The second kappa shape index (κ2) is 5.49. The second-order valence-corrected chi connectivity index (χ2v) is 8.13. The van der Waals surface area contributed by atoms with E-state index < -0.39 is 10.0 Å². The Labute approximate surface area is 118 Å². The molecule has 0 aromatic carbocycles. The van der Waals surface area contributed by atoms with Gasteiger partial charge in [-0.15, -0.1) is 22.9 Å². The van der Waals surface area contributed by atoms with Gasteiger partial charge < -0.3 is 0 Å². The number of hydrogen-bond donors (Lipinski definition) is 0. The van der Waals surface area contributed by atoms with Crippen molar-refractivity contribution in [1.29, 1.82) is 0 Å². The Kier molecular flexibility index (Phi) is 4.36.